The summed E-state index contributed by atoms with van der Waals surface area (Å²) < 4.78 is 16.0. The number of ether oxygens (including phenoxy) is 3. The second kappa shape index (κ2) is 9.12. The molecule has 1 aliphatic rings. The lowest BCUT2D eigenvalue weighted by Gasteiger charge is -2.28. The molecule has 1 heterocycles. The molecule has 8 nitrogen and oxygen atoms in total. The van der Waals surface area contributed by atoms with Gasteiger partial charge in [0, 0.05) is 24.3 Å². The molecule has 0 radical (unpaired) electrons. The summed E-state index contributed by atoms with van der Waals surface area (Å²) in [6, 6.07) is 3.36. The fourth-order valence-corrected chi connectivity index (χ4v) is 2.74. The third-order valence-corrected chi connectivity index (χ3v) is 3.94. The molecule has 1 saturated heterocycles. The average molecular weight is 352 g/mol. The van der Waals surface area contributed by atoms with Gasteiger partial charge in [-0.05, 0) is 31.9 Å². The van der Waals surface area contributed by atoms with Crippen LogP contribution in [-0.4, -0.2) is 50.1 Å². The minimum Gasteiger partial charge on any atom is -0.493 e. The molecule has 2 atom stereocenters. The topological polar surface area (TPSA) is 106 Å². The maximum atomic E-state index is 12.2. The summed E-state index contributed by atoms with van der Waals surface area (Å²) in [5.74, 6) is -0.268. The van der Waals surface area contributed by atoms with Crippen LogP contribution in [-0.2, 0) is 9.53 Å². The highest BCUT2D eigenvalue weighted by Crippen LogP contribution is 2.30. The van der Waals surface area contributed by atoms with E-state index in [-0.39, 0.29) is 5.92 Å². The van der Waals surface area contributed by atoms with Crippen molar-refractivity contribution in [1.29, 1.82) is 0 Å². The molecule has 0 spiro atoms. The van der Waals surface area contributed by atoms with Gasteiger partial charge in [-0.3, -0.25) is 0 Å². The van der Waals surface area contributed by atoms with Crippen molar-refractivity contribution in [2.45, 2.75) is 25.8 Å². The largest absolute Gasteiger partial charge is 0.493 e. The molecule has 1 aliphatic heterocycles. The lowest BCUT2D eigenvalue weighted by atomic mass is 9.94. The molecule has 0 saturated carbocycles. The van der Waals surface area contributed by atoms with E-state index in [0.29, 0.717) is 43.4 Å². The summed E-state index contributed by atoms with van der Waals surface area (Å²) in [5, 5.41) is 14.5. The number of rotatable bonds is 7. The molecule has 138 valence electrons. The zero-order valence-corrected chi connectivity index (χ0v) is 14.4. The highest BCUT2D eigenvalue weighted by atomic mass is 16.5. The number of urea groups is 1. The van der Waals surface area contributed by atoms with Crippen LogP contribution in [0.1, 0.15) is 19.8 Å². The number of nitrogens with one attached hydrogen (secondary N) is 2. The number of amides is 2. The van der Waals surface area contributed by atoms with E-state index in [2.05, 4.69) is 10.6 Å². The number of carboxylic acid groups (broad SMARTS) is 1. The molecule has 0 unspecified atom stereocenters. The predicted octanol–water partition coefficient (Wildman–Crippen LogP) is 2.10. The second-order valence-corrected chi connectivity index (χ2v) is 5.69. The molecule has 8 heteroatoms. The summed E-state index contributed by atoms with van der Waals surface area (Å²) >= 11 is 0. The number of anilines is 1. The number of carbonyl (C=O) groups is 2. The molecular formula is C17H24N2O6. The van der Waals surface area contributed by atoms with Crippen LogP contribution in [0.5, 0.6) is 11.5 Å². The van der Waals surface area contributed by atoms with Gasteiger partial charge in [-0.1, -0.05) is 0 Å². The van der Waals surface area contributed by atoms with Crippen LogP contribution < -0.4 is 20.1 Å². The molecule has 2 rings (SSSR count). The third-order valence-electron chi connectivity index (χ3n) is 3.94. The molecule has 0 aliphatic carbocycles. The third kappa shape index (κ3) is 5.25. The highest BCUT2D eigenvalue weighted by molar-refractivity contribution is 5.92. The SMILES string of the molecule is CCOc1cc(NC(=O)N[C@H](C(=O)O)[C@@H]2CCCOC2)ccc1OC. The standard InChI is InChI=1S/C17H24N2O6/c1-3-25-14-9-12(6-7-13(14)23-2)18-17(22)19-15(16(20)21)11-5-4-8-24-10-11/h6-7,9,11,15H,3-5,8,10H2,1-2H3,(H,20,21)(H2,18,19,22)/t11-,15+/m1/s1. The Morgan fingerprint density at radius 3 is 2.80 bits per heavy atom. The number of hydrogen-bond donors (Lipinski definition) is 3. The molecule has 0 bridgehead atoms. The van der Waals surface area contributed by atoms with Crippen molar-refractivity contribution in [2.75, 3.05) is 32.2 Å². The maximum Gasteiger partial charge on any atom is 0.326 e. The minimum atomic E-state index is -1.07. The smallest absolute Gasteiger partial charge is 0.326 e. The van der Waals surface area contributed by atoms with Crippen LogP contribution >= 0.6 is 0 Å². The van der Waals surface area contributed by atoms with Crippen LogP contribution in [0.4, 0.5) is 10.5 Å². The van der Waals surface area contributed by atoms with Gasteiger partial charge in [0.15, 0.2) is 11.5 Å². The van der Waals surface area contributed by atoms with E-state index < -0.39 is 18.0 Å². The Balaban J connectivity index is 2.02. The number of carboxylic acids is 1. The van der Waals surface area contributed by atoms with Crippen LogP contribution in [0.15, 0.2) is 18.2 Å². The molecule has 0 aromatic heterocycles. The van der Waals surface area contributed by atoms with Gasteiger partial charge in [0.2, 0.25) is 0 Å². The van der Waals surface area contributed by atoms with Crippen LogP contribution in [0.3, 0.4) is 0 Å². The number of methoxy groups -OCH3 is 1. The van der Waals surface area contributed by atoms with Gasteiger partial charge >= 0.3 is 12.0 Å². The molecule has 1 fully saturated rings. The average Bonchev–Trinajstić information content (AvgIpc) is 2.61. The number of hydrogen-bond acceptors (Lipinski definition) is 5. The molecular weight excluding hydrogens is 328 g/mol. The first kappa shape index (κ1) is 18.9. The molecule has 1 aromatic rings. The first-order chi connectivity index (χ1) is 12.0. The number of aliphatic carboxylic acids is 1. The van der Waals surface area contributed by atoms with E-state index in [1.165, 1.54) is 7.11 Å². The zero-order valence-electron chi connectivity index (χ0n) is 14.4. The lowest BCUT2D eigenvalue weighted by molar-refractivity contribution is -0.142. The second-order valence-electron chi connectivity index (χ2n) is 5.69. The van der Waals surface area contributed by atoms with E-state index in [1.54, 1.807) is 18.2 Å². The highest BCUT2D eigenvalue weighted by Gasteiger charge is 2.31. The number of benzene rings is 1. The van der Waals surface area contributed by atoms with Crippen LogP contribution in [0.25, 0.3) is 0 Å². The monoisotopic (exact) mass is 352 g/mol. The van der Waals surface area contributed by atoms with E-state index in [1.807, 2.05) is 6.92 Å². The van der Waals surface area contributed by atoms with Gasteiger partial charge in [0.05, 0.1) is 20.3 Å². The van der Waals surface area contributed by atoms with Crippen molar-refractivity contribution in [3.63, 3.8) is 0 Å². The van der Waals surface area contributed by atoms with Crippen LogP contribution in [0, 0.1) is 5.92 Å². The maximum absolute atomic E-state index is 12.2. The van der Waals surface area contributed by atoms with Crippen molar-refractivity contribution >= 4 is 17.7 Å². The predicted molar refractivity (Wildman–Crippen MR) is 91.3 cm³/mol. The van der Waals surface area contributed by atoms with Gasteiger partial charge in [0.25, 0.3) is 0 Å². The molecule has 3 N–H and O–H groups in total. The van der Waals surface area contributed by atoms with E-state index in [0.717, 1.165) is 6.42 Å². The summed E-state index contributed by atoms with van der Waals surface area (Å²) in [5.41, 5.74) is 0.478. The quantitative estimate of drug-likeness (QED) is 0.694. The van der Waals surface area contributed by atoms with Crippen molar-refractivity contribution < 1.29 is 28.9 Å². The Kier molecular flexibility index (Phi) is 6.88. The van der Waals surface area contributed by atoms with E-state index in [9.17, 15) is 14.7 Å². The summed E-state index contributed by atoms with van der Waals surface area (Å²) in [6.07, 6.45) is 1.49. The Morgan fingerprint density at radius 1 is 1.40 bits per heavy atom. The molecule has 2 amide bonds. The van der Waals surface area contributed by atoms with Gasteiger partial charge in [-0.15, -0.1) is 0 Å². The summed E-state index contributed by atoms with van der Waals surface area (Å²) in [7, 11) is 1.53. The minimum absolute atomic E-state index is 0.244. The normalized spacial score (nSPS) is 18.1. The molecule has 1 aromatic carbocycles. The van der Waals surface area contributed by atoms with Crippen molar-refractivity contribution in [3.05, 3.63) is 18.2 Å². The van der Waals surface area contributed by atoms with Crippen molar-refractivity contribution in [3.8, 4) is 11.5 Å². The fourth-order valence-electron chi connectivity index (χ4n) is 2.74. The van der Waals surface area contributed by atoms with Gasteiger partial charge in [-0.2, -0.15) is 0 Å². The Hall–Kier alpha value is -2.48. The van der Waals surface area contributed by atoms with E-state index in [4.69, 9.17) is 14.2 Å². The lowest BCUT2D eigenvalue weighted by Crippen LogP contribution is -2.49. The Bertz CT molecular complexity index is 601. The first-order valence-corrected chi connectivity index (χ1v) is 8.24. The number of carbonyl (C=O) groups excluding carboxylic acids is 1. The van der Waals surface area contributed by atoms with Crippen molar-refractivity contribution in [2.24, 2.45) is 5.92 Å². The van der Waals surface area contributed by atoms with Crippen LogP contribution in [0.2, 0.25) is 0 Å². The molecule has 25 heavy (non-hydrogen) atoms. The van der Waals surface area contributed by atoms with Crippen molar-refractivity contribution in [1.82, 2.24) is 5.32 Å². The van der Waals surface area contributed by atoms with E-state index >= 15 is 0 Å². The van der Waals surface area contributed by atoms with Gasteiger partial charge < -0.3 is 30.0 Å². The van der Waals surface area contributed by atoms with Gasteiger partial charge in [-0.25, -0.2) is 9.59 Å². The Morgan fingerprint density at radius 2 is 2.20 bits per heavy atom. The van der Waals surface area contributed by atoms with Gasteiger partial charge in [0.1, 0.15) is 6.04 Å². The zero-order chi connectivity index (χ0) is 18.2. The summed E-state index contributed by atoms with van der Waals surface area (Å²) in [4.78, 5) is 23.7. The fraction of sp³-hybridized carbons (Fsp3) is 0.529. The summed E-state index contributed by atoms with van der Waals surface area (Å²) in [6.45, 7) is 3.25. The first-order valence-electron chi connectivity index (χ1n) is 8.24. The Labute approximate surface area is 146 Å².